The van der Waals surface area contributed by atoms with Crippen LogP contribution in [-0.4, -0.2) is 29.3 Å². The Morgan fingerprint density at radius 2 is 1.71 bits per heavy atom. The molecule has 2 aliphatic rings. The van der Waals surface area contributed by atoms with E-state index in [1.54, 1.807) is 42.5 Å². The van der Waals surface area contributed by atoms with Crippen molar-refractivity contribution in [2.75, 3.05) is 6.54 Å². The smallest absolute Gasteiger partial charge is 0.330 e. The van der Waals surface area contributed by atoms with Crippen molar-refractivity contribution in [2.45, 2.75) is 19.0 Å². The molecule has 0 saturated heterocycles. The van der Waals surface area contributed by atoms with Gasteiger partial charge in [-0.25, -0.2) is 4.79 Å². The maximum absolute atomic E-state index is 13.2. The number of amides is 1. The van der Waals surface area contributed by atoms with Crippen molar-refractivity contribution < 1.29 is 19.5 Å². The molecule has 3 aromatic carbocycles. The molecule has 0 radical (unpaired) electrons. The van der Waals surface area contributed by atoms with Crippen LogP contribution in [0.15, 0.2) is 60.7 Å². The number of nitrogens with one attached hydrogen (secondary N) is 2. The summed E-state index contributed by atoms with van der Waals surface area (Å²) in [4.78, 5) is 38.0. The Labute approximate surface area is 178 Å². The van der Waals surface area contributed by atoms with Crippen LogP contribution in [0, 0.1) is 0 Å². The van der Waals surface area contributed by atoms with Crippen LogP contribution in [0.2, 0.25) is 0 Å². The van der Waals surface area contributed by atoms with Crippen LogP contribution in [0.5, 0.6) is 0 Å². The van der Waals surface area contributed by atoms with Crippen LogP contribution in [0.4, 0.5) is 0 Å². The van der Waals surface area contributed by atoms with E-state index in [1.165, 1.54) is 5.56 Å². The predicted molar refractivity (Wildman–Crippen MR) is 115 cm³/mol. The fraction of sp³-hybridized carbons (Fsp3) is 0.160. The van der Waals surface area contributed by atoms with Gasteiger partial charge in [0.1, 0.15) is 0 Å². The number of carbonyl (C=O) groups is 3. The molecule has 6 heteroatoms. The zero-order valence-electron chi connectivity index (χ0n) is 16.6. The average Bonchev–Trinajstić information content (AvgIpc) is 3.09. The number of fused-ring (bicyclic) bond motifs is 4. The van der Waals surface area contributed by atoms with Crippen molar-refractivity contribution in [1.82, 2.24) is 10.6 Å². The summed E-state index contributed by atoms with van der Waals surface area (Å²) in [5.41, 5.74) is 5.31. The number of carboxylic acid groups (broad SMARTS) is 1. The largest absolute Gasteiger partial charge is 0.479 e. The first-order chi connectivity index (χ1) is 15.0. The van der Waals surface area contributed by atoms with Crippen LogP contribution >= 0.6 is 0 Å². The molecule has 3 aromatic rings. The molecule has 1 amide bonds. The zero-order valence-corrected chi connectivity index (χ0v) is 16.6. The van der Waals surface area contributed by atoms with Crippen LogP contribution in [0.1, 0.15) is 49.0 Å². The quantitative estimate of drug-likeness (QED) is 0.479. The number of hydrogen-bond donors (Lipinski definition) is 3. The van der Waals surface area contributed by atoms with E-state index < -0.39 is 17.9 Å². The van der Waals surface area contributed by atoms with Gasteiger partial charge in [-0.15, -0.1) is 0 Å². The second-order valence-corrected chi connectivity index (χ2v) is 7.80. The second-order valence-electron chi connectivity index (χ2n) is 7.80. The molecular formula is C25H20N2O4. The van der Waals surface area contributed by atoms with Gasteiger partial charge in [-0.3, -0.25) is 9.59 Å². The lowest BCUT2D eigenvalue weighted by atomic mass is 9.95. The third-order valence-electron chi connectivity index (χ3n) is 5.97. The van der Waals surface area contributed by atoms with Crippen LogP contribution < -0.4 is 10.6 Å². The highest BCUT2D eigenvalue weighted by atomic mass is 16.4. The van der Waals surface area contributed by atoms with Gasteiger partial charge in [0.05, 0.1) is 0 Å². The van der Waals surface area contributed by atoms with E-state index >= 15 is 0 Å². The first-order valence-electron chi connectivity index (χ1n) is 10.2. The van der Waals surface area contributed by atoms with Crippen molar-refractivity contribution in [3.05, 3.63) is 94.0 Å². The minimum atomic E-state index is -1.19. The highest BCUT2D eigenvalue weighted by Gasteiger charge is 2.32. The molecule has 0 saturated carbocycles. The number of carboxylic acids is 1. The van der Waals surface area contributed by atoms with Gasteiger partial charge in [0.15, 0.2) is 11.8 Å². The minimum absolute atomic E-state index is 0.128. The monoisotopic (exact) mass is 412 g/mol. The topological polar surface area (TPSA) is 95.5 Å². The molecule has 154 valence electrons. The van der Waals surface area contributed by atoms with Crippen molar-refractivity contribution in [1.29, 1.82) is 0 Å². The average molecular weight is 412 g/mol. The van der Waals surface area contributed by atoms with Gasteiger partial charge < -0.3 is 15.7 Å². The van der Waals surface area contributed by atoms with E-state index in [4.69, 9.17) is 0 Å². The molecule has 0 fully saturated rings. The molecule has 1 unspecified atom stereocenters. The first-order valence-corrected chi connectivity index (χ1v) is 10.2. The van der Waals surface area contributed by atoms with Gasteiger partial charge in [-0.2, -0.15) is 0 Å². The number of aliphatic carboxylic acids is 1. The molecule has 0 aromatic heterocycles. The fourth-order valence-corrected chi connectivity index (χ4v) is 4.44. The van der Waals surface area contributed by atoms with Crippen LogP contribution in [-0.2, 0) is 17.8 Å². The summed E-state index contributed by atoms with van der Waals surface area (Å²) in [5.74, 6) is -1.79. The summed E-state index contributed by atoms with van der Waals surface area (Å²) < 4.78 is 0. The molecule has 6 nitrogen and oxygen atoms in total. The van der Waals surface area contributed by atoms with Crippen molar-refractivity contribution in [2.24, 2.45) is 0 Å². The van der Waals surface area contributed by atoms with Crippen molar-refractivity contribution >= 4 is 17.7 Å². The number of ketones is 1. The van der Waals surface area contributed by atoms with Gasteiger partial charge in [0.2, 0.25) is 0 Å². The Morgan fingerprint density at radius 1 is 0.935 bits per heavy atom. The molecule has 1 aliphatic carbocycles. The lowest BCUT2D eigenvalue weighted by molar-refractivity contribution is -0.139. The van der Waals surface area contributed by atoms with E-state index in [9.17, 15) is 19.5 Å². The number of rotatable bonds is 4. The standard InChI is InChI=1S/C25H20N2O4/c28-23-18-5-2-1-4-17(18)21-19(23)6-3-7-20(21)24(29)27-22(25(30)31)15-9-8-14-10-11-26-13-16(14)12-15/h1-9,12,22,26H,10-11,13H2,(H,27,29)(H,30,31). The summed E-state index contributed by atoms with van der Waals surface area (Å²) in [7, 11) is 0. The van der Waals surface area contributed by atoms with E-state index in [-0.39, 0.29) is 5.78 Å². The van der Waals surface area contributed by atoms with E-state index in [2.05, 4.69) is 10.6 Å². The molecule has 1 heterocycles. The molecule has 5 rings (SSSR count). The SMILES string of the molecule is O=C(NC(C(=O)O)c1ccc2c(c1)CNCC2)c1cccc2c1-c1ccccc1C2=O. The molecule has 1 atom stereocenters. The van der Waals surface area contributed by atoms with E-state index in [1.807, 2.05) is 18.2 Å². The van der Waals surface area contributed by atoms with Gasteiger partial charge in [0, 0.05) is 28.8 Å². The number of hydrogen-bond acceptors (Lipinski definition) is 4. The number of benzene rings is 3. The first kappa shape index (κ1) is 19.2. The van der Waals surface area contributed by atoms with Gasteiger partial charge in [-0.1, -0.05) is 54.6 Å². The molecular weight excluding hydrogens is 392 g/mol. The predicted octanol–water partition coefficient (Wildman–Crippen LogP) is 3.10. The molecule has 0 spiro atoms. The summed E-state index contributed by atoms with van der Waals surface area (Å²) in [6.07, 6.45) is 0.892. The Bertz CT molecular complexity index is 1250. The van der Waals surface area contributed by atoms with Gasteiger partial charge in [0.25, 0.3) is 5.91 Å². The molecule has 31 heavy (non-hydrogen) atoms. The Morgan fingerprint density at radius 3 is 2.52 bits per heavy atom. The normalized spacial score (nSPS) is 14.9. The summed E-state index contributed by atoms with van der Waals surface area (Å²) in [5, 5.41) is 15.8. The third kappa shape index (κ3) is 3.21. The summed E-state index contributed by atoms with van der Waals surface area (Å²) >= 11 is 0. The highest BCUT2D eigenvalue weighted by molar-refractivity contribution is 6.24. The van der Waals surface area contributed by atoms with E-state index in [0.717, 1.165) is 18.5 Å². The Kier molecular flexibility index (Phi) is 4.64. The Hall–Kier alpha value is -3.77. The molecule has 3 N–H and O–H groups in total. The molecule has 0 bridgehead atoms. The van der Waals surface area contributed by atoms with Crippen molar-refractivity contribution in [3.63, 3.8) is 0 Å². The summed E-state index contributed by atoms with van der Waals surface area (Å²) in [6, 6.07) is 16.5. The maximum atomic E-state index is 13.2. The van der Waals surface area contributed by atoms with Crippen LogP contribution in [0.3, 0.4) is 0 Å². The van der Waals surface area contributed by atoms with Crippen LogP contribution in [0.25, 0.3) is 11.1 Å². The Balaban J connectivity index is 1.51. The van der Waals surface area contributed by atoms with Gasteiger partial charge in [-0.05, 0) is 41.3 Å². The highest BCUT2D eigenvalue weighted by Crippen LogP contribution is 2.39. The number of carbonyl (C=O) groups excluding carboxylic acids is 2. The lowest BCUT2D eigenvalue weighted by Gasteiger charge is -2.21. The second kappa shape index (κ2) is 7.49. The molecule has 1 aliphatic heterocycles. The fourth-order valence-electron chi connectivity index (χ4n) is 4.44. The lowest BCUT2D eigenvalue weighted by Crippen LogP contribution is -2.34. The van der Waals surface area contributed by atoms with Gasteiger partial charge >= 0.3 is 5.97 Å². The third-order valence-corrected chi connectivity index (χ3v) is 5.97. The minimum Gasteiger partial charge on any atom is -0.479 e. The van der Waals surface area contributed by atoms with E-state index in [0.29, 0.717) is 39.9 Å². The zero-order chi connectivity index (χ0) is 21.5. The summed E-state index contributed by atoms with van der Waals surface area (Å²) in [6.45, 7) is 1.57. The van der Waals surface area contributed by atoms with Crippen molar-refractivity contribution in [3.8, 4) is 11.1 Å². The maximum Gasteiger partial charge on any atom is 0.330 e.